The Morgan fingerprint density at radius 1 is 1.09 bits per heavy atom. The molecule has 0 bridgehead atoms. The lowest BCUT2D eigenvalue weighted by atomic mass is 10.1. The molecule has 182 valence electrons. The molecule has 3 aromatic rings. The smallest absolute Gasteiger partial charge is 0.260 e. The van der Waals surface area contributed by atoms with Crippen molar-refractivity contribution >= 4 is 52.0 Å². The summed E-state index contributed by atoms with van der Waals surface area (Å²) in [5.41, 5.74) is 3.54. The fourth-order valence-electron chi connectivity index (χ4n) is 3.56. The first-order valence-electron chi connectivity index (χ1n) is 11.3. The molecule has 4 rings (SSSR count). The van der Waals surface area contributed by atoms with Crippen LogP contribution in [0.5, 0.6) is 11.5 Å². The number of aryl methyl sites for hydroxylation is 1. The second-order valence-corrected chi connectivity index (χ2v) is 10.2. The Hall–Kier alpha value is -2.72. The van der Waals surface area contributed by atoms with Crippen LogP contribution in [0.3, 0.4) is 0 Å². The van der Waals surface area contributed by atoms with Crippen molar-refractivity contribution in [3.8, 4) is 11.5 Å². The first-order chi connectivity index (χ1) is 16.9. The Morgan fingerprint density at radius 2 is 1.89 bits per heavy atom. The van der Waals surface area contributed by atoms with E-state index in [1.807, 2.05) is 43.3 Å². The molecule has 5 nitrogen and oxygen atoms in total. The van der Waals surface area contributed by atoms with Gasteiger partial charge < -0.3 is 20.1 Å². The predicted octanol–water partition coefficient (Wildman–Crippen LogP) is 6.57. The summed E-state index contributed by atoms with van der Waals surface area (Å²) >= 11 is 3.63. The third-order valence-corrected chi connectivity index (χ3v) is 7.12. The van der Waals surface area contributed by atoms with Gasteiger partial charge >= 0.3 is 0 Å². The molecule has 1 fully saturated rings. The number of thioether (sulfide) groups is 1. The minimum Gasteiger partial charge on any atom is -0.490 e. The quantitative estimate of drug-likeness (QED) is 0.214. The minimum atomic E-state index is -0.300. The third-order valence-electron chi connectivity index (χ3n) is 5.29. The summed E-state index contributed by atoms with van der Waals surface area (Å²) in [7, 11) is 0. The molecule has 0 aliphatic carbocycles. The van der Waals surface area contributed by atoms with Gasteiger partial charge in [0, 0.05) is 5.69 Å². The summed E-state index contributed by atoms with van der Waals surface area (Å²) in [5, 5.41) is 6.31. The van der Waals surface area contributed by atoms with E-state index in [9.17, 15) is 9.18 Å². The van der Waals surface area contributed by atoms with E-state index in [0.717, 1.165) is 26.8 Å². The monoisotopic (exact) mass is 604 g/mol. The molecule has 2 N–H and O–H groups in total. The number of carbonyl (C=O) groups excluding carboxylic acids is 1. The summed E-state index contributed by atoms with van der Waals surface area (Å²) in [6.45, 7) is 4.70. The molecule has 0 radical (unpaired) electrons. The molecule has 8 heteroatoms. The Bertz CT molecular complexity index is 1230. The molecule has 1 amide bonds. The third kappa shape index (κ3) is 6.70. The normalized spacial score (nSPS) is 16.3. The van der Waals surface area contributed by atoms with Crippen LogP contribution in [0.1, 0.15) is 30.5 Å². The van der Waals surface area contributed by atoms with Gasteiger partial charge in [-0.15, -0.1) is 0 Å². The van der Waals surface area contributed by atoms with Crippen molar-refractivity contribution in [3.63, 3.8) is 0 Å². The average molecular weight is 604 g/mol. The topological polar surface area (TPSA) is 59.6 Å². The fraction of sp³-hybridized carbons (Fsp3) is 0.222. The number of carbonyl (C=O) groups is 1. The second-order valence-electron chi connectivity index (χ2n) is 7.86. The van der Waals surface area contributed by atoms with Crippen LogP contribution in [0.2, 0.25) is 0 Å². The standard InChI is InChI=1S/C27H26FIN2O3S/c1-3-17-8-10-21(11-9-17)30-27-31-26(32)24(35-27)15-19-13-22(29)25(23(14-19)33-4-2)34-16-18-6-5-7-20(28)12-18/h5-15,27,30H,3-4,16H2,1-2H3,(H,31,32)/b24-15-/t27-/m0/s1. The largest absolute Gasteiger partial charge is 0.490 e. The van der Waals surface area contributed by atoms with Crippen LogP contribution in [0.25, 0.3) is 6.08 Å². The van der Waals surface area contributed by atoms with Crippen molar-refractivity contribution in [1.29, 1.82) is 0 Å². The number of anilines is 1. The van der Waals surface area contributed by atoms with Gasteiger partial charge in [0.2, 0.25) is 0 Å². The van der Waals surface area contributed by atoms with E-state index in [0.29, 0.717) is 23.0 Å². The number of rotatable bonds is 9. The lowest BCUT2D eigenvalue weighted by Crippen LogP contribution is -2.30. The lowest BCUT2D eigenvalue weighted by Gasteiger charge is -2.15. The van der Waals surface area contributed by atoms with Crippen LogP contribution in [-0.4, -0.2) is 18.0 Å². The summed E-state index contributed by atoms with van der Waals surface area (Å²) in [6.07, 6.45) is 2.84. The lowest BCUT2D eigenvalue weighted by molar-refractivity contribution is -0.116. The molecule has 0 spiro atoms. The van der Waals surface area contributed by atoms with Gasteiger partial charge in [-0.3, -0.25) is 4.79 Å². The molecule has 3 aromatic carbocycles. The Morgan fingerprint density at radius 3 is 2.60 bits per heavy atom. The maximum atomic E-state index is 13.5. The van der Waals surface area contributed by atoms with E-state index >= 15 is 0 Å². The van der Waals surface area contributed by atoms with E-state index in [4.69, 9.17) is 9.47 Å². The molecule has 1 saturated heterocycles. The first-order valence-corrected chi connectivity index (χ1v) is 13.3. The van der Waals surface area contributed by atoms with Crippen molar-refractivity contribution in [1.82, 2.24) is 5.32 Å². The maximum Gasteiger partial charge on any atom is 0.260 e. The van der Waals surface area contributed by atoms with Crippen molar-refractivity contribution in [3.05, 3.63) is 91.6 Å². The molecule has 0 saturated carbocycles. The van der Waals surface area contributed by atoms with Crippen LogP contribution in [0, 0.1) is 9.39 Å². The van der Waals surface area contributed by atoms with Crippen molar-refractivity contribution in [2.24, 2.45) is 0 Å². The maximum absolute atomic E-state index is 13.5. The molecule has 1 aliphatic rings. The summed E-state index contributed by atoms with van der Waals surface area (Å²) in [6, 6.07) is 18.3. The van der Waals surface area contributed by atoms with Crippen molar-refractivity contribution in [2.75, 3.05) is 11.9 Å². The van der Waals surface area contributed by atoms with Crippen molar-refractivity contribution < 1.29 is 18.7 Å². The Balaban J connectivity index is 1.49. The molecule has 0 aromatic heterocycles. The van der Waals surface area contributed by atoms with Gasteiger partial charge in [0.25, 0.3) is 5.91 Å². The molecule has 0 unspecified atom stereocenters. The number of ether oxygens (including phenoxy) is 2. The zero-order valence-corrected chi connectivity index (χ0v) is 22.4. The number of benzene rings is 3. The van der Waals surface area contributed by atoms with E-state index in [1.54, 1.807) is 6.07 Å². The summed E-state index contributed by atoms with van der Waals surface area (Å²) < 4.78 is 26.2. The van der Waals surface area contributed by atoms with Gasteiger partial charge in [0.05, 0.1) is 15.1 Å². The van der Waals surface area contributed by atoms with Crippen LogP contribution in [0.15, 0.2) is 65.6 Å². The molecular formula is C27H26FIN2O3S. The number of halogens is 2. The number of amides is 1. The van der Waals surface area contributed by atoms with Gasteiger partial charge in [-0.05, 0) is 95.1 Å². The molecule has 1 atom stereocenters. The molecule has 1 aliphatic heterocycles. The van der Waals surface area contributed by atoms with Crippen molar-refractivity contribution in [2.45, 2.75) is 32.4 Å². The highest BCUT2D eigenvalue weighted by Gasteiger charge is 2.27. The van der Waals surface area contributed by atoms with Gasteiger partial charge in [-0.1, -0.05) is 43.0 Å². The van der Waals surface area contributed by atoms with E-state index in [1.165, 1.54) is 29.5 Å². The van der Waals surface area contributed by atoms with Gasteiger partial charge in [-0.2, -0.15) is 0 Å². The van der Waals surface area contributed by atoms with Crippen LogP contribution < -0.4 is 20.1 Å². The number of hydrogen-bond donors (Lipinski definition) is 2. The SMILES string of the molecule is CCOc1cc(/C=C2\S[C@@H](Nc3ccc(CC)cc3)NC2=O)cc(I)c1OCc1cccc(F)c1. The van der Waals surface area contributed by atoms with E-state index in [2.05, 4.69) is 52.3 Å². The first kappa shape index (κ1) is 25.4. The zero-order chi connectivity index (χ0) is 24.8. The average Bonchev–Trinajstić information content (AvgIpc) is 3.17. The Kier molecular flexibility index (Phi) is 8.56. The summed E-state index contributed by atoms with van der Waals surface area (Å²) in [5.74, 6) is 0.747. The highest BCUT2D eigenvalue weighted by molar-refractivity contribution is 14.1. The van der Waals surface area contributed by atoms with E-state index < -0.39 is 0 Å². The zero-order valence-electron chi connectivity index (χ0n) is 19.4. The molecule has 1 heterocycles. The van der Waals surface area contributed by atoms with Gasteiger partial charge in [0.1, 0.15) is 12.4 Å². The molecular weight excluding hydrogens is 578 g/mol. The predicted molar refractivity (Wildman–Crippen MR) is 148 cm³/mol. The van der Waals surface area contributed by atoms with Crippen LogP contribution >= 0.6 is 34.4 Å². The van der Waals surface area contributed by atoms with E-state index in [-0.39, 0.29) is 23.8 Å². The van der Waals surface area contributed by atoms with Crippen LogP contribution in [0.4, 0.5) is 10.1 Å². The van der Waals surface area contributed by atoms with Gasteiger partial charge in [0.15, 0.2) is 17.0 Å². The van der Waals surface area contributed by atoms with Gasteiger partial charge in [-0.25, -0.2) is 4.39 Å². The number of nitrogens with one attached hydrogen (secondary N) is 2. The second kappa shape index (κ2) is 11.8. The number of hydrogen-bond acceptors (Lipinski definition) is 5. The minimum absolute atomic E-state index is 0.128. The highest BCUT2D eigenvalue weighted by atomic mass is 127. The van der Waals surface area contributed by atoms with Crippen LogP contribution in [-0.2, 0) is 17.8 Å². The Labute approximate surface area is 222 Å². The summed E-state index contributed by atoms with van der Waals surface area (Å²) in [4.78, 5) is 13.2. The molecule has 35 heavy (non-hydrogen) atoms. The highest BCUT2D eigenvalue weighted by Crippen LogP contribution is 2.37. The fourth-order valence-corrected chi connectivity index (χ4v) is 5.33.